The maximum Gasteiger partial charge on any atom is 0.274 e. The zero-order valence-electron chi connectivity index (χ0n) is 9.32. The Balaban J connectivity index is 2.12. The Morgan fingerprint density at radius 1 is 1.67 bits per heavy atom. The molecule has 1 saturated heterocycles. The molecule has 0 aliphatic carbocycles. The smallest absolute Gasteiger partial charge is 0.274 e. The van der Waals surface area contributed by atoms with Crippen molar-refractivity contribution >= 4 is 5.91 Å². The number of hydrogen-bond acceptors (Lipinski definition) is 3. The SMILES string of the molecule is Cc1cc(C(=O)N(C)C2CNC2)nn1C. The van der Waals surface area contributed by atoms with E-state index < -0.39 is 0 Å². The number of nitrogens with one attached hydrogen (secondary N) is 1. The number of carbonyl (C=O) groups is 1. The molecule has 0 bridgehead atoms. The molecule has 1 aromatic rings. The maximum absolute atomic E-state index is 12.0. The summed E-state index contributed by atoms with van der Waals surface area (Å²) < 4.78 is 1.72. The van der Waals surface area contributed by atoms with Crippen LogP contribution in [0.15, 0.2) is 6.07 Å². The van der Waals surface area contributed by atoms with Crippen LogP contribution in [-0.4, -0.2) is 46.8 Å². The van der Waals surface area contributed by atoms with E-state index in [1.807, 2.05) is 27.1 Å². The third-order valence-corrected chi connectivity index (χ3v) is 2.96. The van der Waals surface area contributed by atoms with Crippen molar-refractivity contribution in [3.8, 4) is 0 Å². The highest BCUT2D eigenvalue weighted by Gasteiger charge is 2.27. The van der Waals surface area contributed by atoms with Gasteiger partial charge >= 0.3 is 0 Å². The molecule has 0 atom stereocenters. The summed E-state index contributed by atoms with van der Waals surface area (Å²) in [5, 5.41) is 7.32. The number of nitrogens with zero attached hydrogens (tertiary/aromatic N) is 3. The summed E-state index contributed by atoms with van der Waals surface area (Å²) >= 11 is 0. The maximum atomic E-state index is 12.0. The predicted molar refractivity (Wildman–Crippen MR) is 56.7 cm³/mol. The molecule has 0 spiro atoms. The van der Waals surface area contributed by atoms with Crippen molar-refractivity contribution in [3.63, 3.8) is 0 Å². The van der Waals surface area contributed by atoms with Gasteiger partial charge < -0.3 is 10.2 Å². The fraction of sp³-hybridized carbons (Fsp3) is 0.600. The fourth-order valence-electron chi connectivity index (χ4n) is 1.56. The first-order chi connectivity index (χ1) is 7.09. The van der Waals surface area contributed by atoms with Gasteiger partial charge in [0.15, 0.2) is 5.69 Å². The molecule has 1 N–H and O–H groups in total. The molecular formula is C10H16N4O. The van der Waals surface area contributed by atoms with Gasteiger partial charge in [0.25, 0.3) is 5.91 Å². The van der Waals surface area contributed by atoms with E-state index in [0.29, 0.717) is 11.7 Å². The van der Waals surface area contributed by atoms with E-state index >= 15 is 0 Å². The van der Waals surface area contributed by atoms with Gasteiger partial charge in [0, 0.05) is 32.9 Å². The Kier molecular flexibility index (Phi) is 2.48. The third kappa shape index (κ3) is 1.74. The summed E-state index contributed by atoms with van der Waals surface area (Å²) in [4.78, 5) is 13.7. The van der Waals surface area contributed by atoms with E-state index in [9.17, 15) is 4.79 Å². The molecular weight excluding hydrogens is 192 g/mol. The molecule has 2 heterocycles. The minimum absolute atomic E-state index is 0.00481. The molecule has 1 aliphatic rings. The van der Waals surface area contributed by atoms with Crippen LogP contribution in [-0.2, 0) is 7.05 Å². The molecule has 2 rings (SSSR count). The van der Waals surface area contributed by atoms with Crippen molar-refractivity contribution in [2.45, 2.75) is 13.0 Å². The Morgan fingerprint density at radius 2 is 2.33 bits per heavy atom. The van der Waals surface area contributed by atoms with Gasteiger partial charge in [-0.3, -0.25) is 9.48 Å². The zero-order valence-corrected chi connectivity index (χ0v) is 9.32. The lowest BCUT2D eigenvalue weighted by Gasteiger charge is -2.35. The summed E-state index contributed by atoms with van der Waals surface area (Å²) in [6.07, 6.45) is 0. The lowest BCUT2D eigenvalue weighted by Crippen LogP contribution is -2.57. The second-order valence-electron chi connectivity index (χ2n) is 4.02. The average Bonchev–Trinajstić information content (AvgIpc) is 2.43. The number of carbonyl (C=O) groups excluding carboxylic acids is 1. The Morgan fingerprint density at radius 3 is 2.73 bits per heavy atom. The molecule has 82 valence electrons. The van der Waals surface area contributed by atoms with E-state index in [-0.39, 0.29) is 5.91 Å². The van der Waals surface area contributed by atoms with E-state index in [0.717, 1.165) is 18.8 Å². The lowest BCUT2D eigenvalue weighted by atomic mass is 10.1. The zero-order chi connectivity index (χ0) is 11.0. The summed E-state index contributed by atoms with van der Waals surface area (Å²) in [5.74, 6) is 0.00481. The molecule has 0 radical (unpaired) electrons. The first-order valence-corrected chi connectivity index (χ1v) is 5.08. The van der Waals surface area contributed by atoms with Gasteiger partial charge in [0.1, 0.15) is 0 Å². The molecule has 0 aromatic carbocycles. The molecule has 5 nitrogen and oxygen atoms in total. The molecule has 0 unspecified atom stereocenters. The quantitative estimate of drug-likeness (QED) is 0.730. The van der Waals surface area contributed by atoms with Crippen molar-refractivity contribution in [1.29, 1.82) is 0 Å². The van der Waals surface area contributed by atoms with Crippen molar-refractivity contribution in [1.82, 2.24) is 20.0 Å². The number of rotatable bonds is 2. The number of aryl methyl sites for hydroxylation is 2. The van der Waals surface area contributed by atoms with Crippen LogP contribution in [0.25, 0.3) is 0 Å². The largest absolute Gasteiger partial charge is 0.335 e. The minimum Gasteiger partial charge on any atom is -0.335 e. The first kappa shape index (κ1) is 10.2. The van der Waals surface area contributed by atoms with Crippen LogP contribution in [0.1, 0.15) is 16.2 Å². The number of aromatic nitrogens is 2. The Hall–Kier alpha value is -1.36. The molecule has 1 amide bonds. The molecule has 1 fully saturated rings. The van der Waals surface area contributed by atoms with E-state index in [1.54, 1.807) is 9.58 Å². The highest BCUT2D eigenvalue weighted by Crippen LogP contribution is 2.09. The van der Waals surface area contributed by atoms with Crippen LogP contribution >= 0.6 is 0 Å². The summed E-state index contributed by atoms with van der Waals surface area (Å²) in [6, 6.07) is 2.14. The molecule has 15 heavy (non-hydrogen) atoms. The topological polar surface area (TPSA) is 50.2 Å². The van der Waals surface area contributed by atoms with Crippen LogP contribution in [0, 0.1) is 6.92 Å². The Bertz CT molecular complexity index is 361. The molecule has 0 saturated carbocycles. The van der Waals surface area contributed by atoms with Crippen LogP contribution < -0.4 is 5.32 Å². The molecule has 5 heteroatoms. The van der Waals surface area contributed by atoms with Crippen molar-refractivity contribution in [2.24, 2.45) is 7.05 Å². The standard InChI is InChI=1S/C10H16N4O/c1-7-4-9(12-14(7)3)10(15)13(2)8-5-11-6-8/h4,8,11H,5-6H2,1-3H3. The summed E-state index contributed by atoms with van der Waals surface area (Å²) in [6.45, 7) is 3.71. The summed E-state index contributed by atoms with van der Waals surface area (Å²) in [5.41, 5.74) is 1.53. The van der Waals surface area contributed by atoms with E-state index in [1.165, 1.54) is 0 Å². The van der Waals surface area contributed by atoms with Gasteiger partial charge in [0.2, 0.25) is 0 Å². The van der Waals surface area contributed by atoms with Gasteiger partial charge in [-0.15, -0.1) is 0 Å². The number of likely N-dealkylation sites (N-methyl/N-ethyl adjacent to an activating group) is 1. The minimum atomic E-state index is 0.00481. The summed E-state index contributed by atoms with van der Waals surface area (Å²) in [7, 11) is 3.68. The normalized spacial score (nSPS) is 16.2. The van der Waals surface area contributed by atoms with Crippen molar-refractivity contribution < 1.29 is 4.79 Å². The molecule has 1 aliphatic heterocycles. The van der Waals surface area contributed by atoms with Crippen LogP contribution in [0.5, 0.6) is 0 Å². The van der Waals surface area contributed by atoms with Crippen molar-refractivity contribution in [3.05, 3.63) is 17.5 Å². The van der Waals surface area contributed by atoms with Gasteiger partial charge in [0.05, 0.1) is 6.04 Å². The number of hydrogen-bond donors (Lipinski definition) is 1. The van der Waals surface area contributed by atoms with Gasteiger partial charge in [-0.05, 0) is 13.0 Å². The highest BCUT2D eigenvalue weighted by molar-refractivity contribution is 5.92. The predicted octanol–water partition coefficient (Wildman–Crippen LogP) is -0.228. The third-order valence-electron chi connectivity index (χ3n) is 2.96. The van der Waals surface area contributed by atoms with Gasteiger partial charge in [-0.2, -0.15) is 5.10 Å². The van der Waals surface area contributed by atoms with Crippen LogP contribution in [0.4, 0.5) is 0 Å². The van der Waals surface area contributed by atoms with Crippen LogP contribution in [0.2, 0.25) is 0 Å². The second kappa shape index (κ2) is 3.66. The second-order valence-corrected chi connectivity index (χ2v) is 4.02. The van der Waals surface area contributed by atoms with E-state index in [4.69, 9.17) is 0 Å². The Labute approximate surface area is 89.1 Å². The van der Waals surface area contributed by atoms with Crippen molar-refractivity contribution in [2.75, 3.05) is 20.1 Å². The number of amides is 1. The monoisotopic (exact) mass is 208 g/mol. The average molecular weight is 208 g/mol. The molecule has 1 aromatic heterocycles. The fourth-order valence-corrected chi connectivity index (χ4v) is 1.56. The van der Waals surface area contributed by atoms with Gasteiger partial charge in [-0.25, -0.2) is 0 Å². The lowest BCUT2D eigenvalue weighted by molar-refractivity contribution is 0.0674. The van der Waals surface area contributed by atoms with Crippen LogP contribution in [0.3, 0.4) is 0 Å². The van der Waals surface area contributed by atoms with Gasteiger partial charge in [-0.1, -0.05) is 0 Å². The highest BCUT2D eigenvalue weighted by atomic mass is 16.2. The van der Waals surface area contributed by atoms with E-state index in [2.05, 4.69) is 10.4 Å². The first-order valence-electron chi connectivity index (χ1n) is 5.08.